The maximum absolute atomic E-state index is 13.6. The largest absolute Gasteiger partial charge is 0.493 e. The lowest BCUT2D eigenvalue weighted by atomic mass is 9.91. The fraction of sp³-hybridized carbons (Fsp3) is 0.296. The number of ether oxygens (including phenoxy) is 3. The molecule has 5 nitrogen and oxygen atoms in total. The number of rotatable bonds is 7. The van der Waals surface area contributed by atoms with Crippen molar-refractivity contribution in [2.45, 2.75) is 25.8 Å². The predicted octanol–water partition coefficient (Wildman–Crippen LogP) is 6.39. The summed E-state index contributed by atoms with van der Waals surface area (Å²) in [5.74, 6) is 1.82. The van der Waals surface area contributed by atoms with E-state index in [9.17, 15) is 4.79 Å². The van der Waals surface area contributed by atoms with Crippen LogP contribution in [0.2, 0.25) is 10.0 Å². The molecule has 178 valence electrons. The van der Waals surface area contributed by atoms with Gasteiger partial charge in [-0.1, -0.05) is 42.3 Å². The van der Waals surface area contributed by atoms with E-state index in [0.29, 0.717) is 40.1 Å². The zero-order valence-corrected chi connectivity index (χ0v) is 20.9. The van der Waals surface area contributed by atoms with Gasteiger partial charge in [0.15, 0.2) is 11.5 Å². The highest BCUT2D eigenvalue weighted by atomic mass is 35.5. The first-order valence-electron chi connectivity index (χ1n) is 11.2. The topological polar surface area (TPSA) is 48.0 Å². The summed E-state index contributed by atoms with van der Waals surface area (Å²) in [6.07, 6.45) is 1.63. The Kier molecular flexibility index (Phi) is 7.54. The monoisotopic (exact) mass is 499 g/mol. The lowest BCUT2D eigenvalue weighted by Gasteiger charge is -2.38. The number of hydrogen-bond acceptors (Lipinski definition) is 4. The van der Waals surface area contributed by atoms with Crippen LogP contribution >= 0.6 is 23.2 Å². The van der Waals surface area contributed by atoms with Crippen LogP contribution in [-0.2, 0) is 12.8 Å². The van der Waals surface area contributed by atoms with E-state index in [0.717, 1.165) is 23.3 Å². The van der Waals surface area contributed by atoms with Crippen LogP contribution in [0, 0.1) is 0 Å². The number of benzene rings is 3. The molecule has 1 amide bonds. The van der Waals surface area contributed by atoms with Crippen molar-refractivity contribution in [1.82, 2.24) is 4.90 Å². The molecular formula is C27H27Cl2NO4. The molecule has 0 bridgehead atoms. The summed E-state index contributed by atoms with van der Waals surface area (Å²) in [7, 11) is 3.22. The highest BCUT2D eigenvalue weighted by molar-refractivity contribution is 6.35. The van der Waals surface area contributed by atoms with Crippen molar-refractivity contribution in [3.05, 3.63) is 86.9 Å². The molecule has 0 radical (unpaired) electrons. The van der Waals surface area contributed by atoms with Gasteiger partial charge in [-0.25, -0.2) is 0 Å². The summed E-state index contributed by atoms with van der Waals surface area (Å²) < 4.78 is 17.2. The number of carbonyl (C=O) groups excluding carboxylic acids is 1. The normalized spacial score (nSPS) is 15.0. The molecule has 0 saturated heterocycles. The third kappa shape index (κ3) is 4.96. The van der Waals surface area contributed by atoms with Crippen molar-refractivity contribution in [3.8, 4) is 17.2 Å². The van der Waals surface area contributed by atoms with E-state index in [2.05, 4.69) is 6.92 Å². The minimum atomic E-state index is -0.350. The van der Waals surface area contributed by atoms with Gasteiger partial charge in [0, 0.05) is 11.6 Å². The van der Waals surface area contributed by atoms with Crippen LogP contribution in [0.3, 0.4) is 0 Å². The Hall–Kier alpha value is -2.89. The number of halogens is 2. The molecule has 1 heterocycles. The van der Waals surface area contributed by atoms with E-state index >= 15 is 0 Å². The summed E-state index contributed by atoms with van der Waals surface area (Å²) in [5.41, 5.74) is 3.66. The average Bonchev–Trinajstić information content (AvgIpc) is 2.87. The van der Waals surface area contributed by atoms with Gasteiger partial charge >= 0.3 is 0 Å². The molecule has 1 aliphatic rings. The quantitative estimate of drug-likeness (QED) is 0.377. The molecule has 0 spiro atoms. The molecule has 1 atom stereocenters. The van der Waals surface area contributed by atoms with Crippen LogP contribution < -0.4 is 14.2 Å². The summed E-state index contributed by atoms with van der Waals surface area (Å²) in [5, 5.41) is 0.822. The fourth-order valence-corrected chi connectivity index (χ4v) is 4.63. The Morgan fingerprint density at radius 2 is 1.71 bits per heavy atom. The van der Waals surface area contributed by atoms with Gasteiger partial charge in [0.2, 0.25) is 0 Å². The van der Waals surface area contributed by atoms with Gasteiger partial charge in [-0.05, 0) is 72.0 Å². The van der Waals surface area contributed by atoms with Crippen molar-refractivity contribution in [1.29, 1.82) is 0 Å². The smallest absolute Gasteiger partial charge is 0.256 e. The van der Waals surface area contributed by atoms with E-state index in [-0.39, 0.29) is 18.6 Å². The molecule has 0 aliphatic carbocycles. The second kappa shape index (κ2) is 10.6. The van der Waals surface area contributed by atoms with E-state index < -0.39 is 0 Å². The number of fused-ring (bicyclic) bond motifs is 1. The Bertz CT molecular complexity index is 1180. The van der Waals surface area contributed by atoms with Gasteiger partial charge in [-0.3, -0.25) is 4.79 Å². The van der Waals surface area contributed by atoms with E-state index in [4.69, 9.17) is 37.4 Å². The summed E-state index contributed by atoms with van der Waals surface area (Å²) in [6, 6.07) is 16.5. The Morgan fingerprint density at radius 3 is 2.38 bits per heavy atom. The highest BCUT2D eigenvalue weighted by Gasteiger charge is 2.34. The first-order valence-corrected chi connectivity index (χ1v) is 11.9. The Balaban J connectivity index is 1.71. The zero-order chi connectivity index (χ0) is 24.2. The Labute approximate surface area is 210 Å². The zero-order valence-electron chi connectivity index (χ0n) is 19.4. The van der Waals surface area contributed by atoms with E-state index in [1.54, 1.807) is 37.3 Å². The lowest BCUT2D eigenvalue weighted by molar-refractivity contribution is 0.0589. The number of carbonyl (C=O) groups is 1. The van der Waals surface area contributed by atoms with Crippen molar-refractivity contribution in [2.24, 2.45) is 0 Å². The molecule has 0 fully saturated rings. The average molecular weight is 500 g/mol. The molecule has 1 aliphatic heterocycles. The van der Waals surface area contributed by atoms with Gasteiger partial charge in [0.25, 0.3) is 5.91 Å². The Morgan fingerprint density at radius 1 is 1.00 bits per heavy atom. The van der Waals surface area contributed by atoms with Crippen molar-refractivity contribution < 1.29 is 19.0 Å². The second-order valence-corrected chi connectivity index (χ2v) is 8.95. The third-order valence-corrected chi connectivity index (χ3v) is 6.73. The van der Waals surface area contributed by atoms with Crippen LogP contribution in [0.15, 0.2) is 54.6 Å². The van der Waals surface area contributed by atoms with Gasteiger partial charge in [-0.2, -0.15) is 0 Å². The summed E-state index contributed by atoms with van der Waals surface area (Å²) >= 11 is 12.5. The number of amides is 1. The van der Waals surface area contributed by atoms with Gasteiger partial charge in [0.05, 0.1) is 30.8 Å². The minimum Gasteiger partial charge on any atom is -0.493 e. The van der Waals surface area contributed by atoms with Crippen LogP contribution in [0.25, 0.3) is 0 Å². The molecule has 3 aromatic carbocycles. The van der Waals surface area contributed by atoms with Crippen molar-refractivity contribution in [3.63, 3.8) is 0 Å². The maximum atomic E-state index is 13.6. The number of hydrogen-bond donors (Lipinski definition) is 0. The molecule has 0 saturated carbocycles. The summed E-state index contributed by atoms with van der Waals surface area (Å²) in [4.78, 5) is 15.4. The molecule has 0 aromatic heterocycles. The van der Waals surface area contributed by atoms with Gasteiger partial charge in [-0.15, -0.1) is 0 Å². The van der Waals surface area contributed by atoms with E-state index in [1.165, 1.54) is 5.56 Å². The summed E-state index contributed by atoms with van der Waals surface area (Å²) in [6.45, 7) is 2.89. The highest BCUT2D eigenvalue weighted by Crippen LogP contribution is 2.39. The number of nitrogens with zero attached hydrogens (tertiary/aromatic N) is 1. The number of aryl methyl sites for hydroxylation is 1. The molecule has 1 unspecified atom stereocenters. The second-order valence-electron chi connectivity index (χ2n) is 8.10. The molecule has 34 heavy (non-hydrogen) atoms. The standard InChI is InChI=1S/C27H27Cl2NO4/c1-4-17-5-8-20(9-6-17)34-16-24-21-15-26(33-3)25(32-2)13-18(21)11-12-30(24)27(31)22-14-19(28)7-10-23(22)29/h5-10,13-15,24H,4,11-12,16H2,1-3H3. The minimum absolute atomic E-state index is 0.192. The fourth-order valence-electron chi connectivity index (χ4n) is 4.26. The first-order chi connectivity index (χ1) is 16.4. The lowest BCUT2D eigenvalue weighted by Crippen LogP contribution is -2.42. The van der Waals surface area contributed by atoms with E-state index in [1.807, 2.05) is 36.4 Å². The van der Waals surface area contributed by atoms with Gasteiger partial charge in [0.1, 0.15) is 12.4 Å². The molecule has 4 rings (SSSR count). The van der Waals surface area contributed by atoms with Crippen molar-refractivity contribution in [2.75, 3.05) is 27.4 Å². The SMILES string of the molecule is CCc1ccc(OCC2c3cc(OC)c(OC)cc3CCN2C(=O)c2cc(Cl)ccc2Cl)cc1. The molecule has 7 heteroatoms. The first kappa shape index (κ1) is 24.2. The number of methoxy groups -OCH3 is 2. The van der Waals surface area contributed by atoms with Crippen molar-refractivity contribution >= 4 is 29.1 Å². The van der Waals surface area contributed by atoms with Gasteiger partial charge < -0.3 is 19.1 Å². The van der Waals surface area contributed by atoms with Crippen LogP contribution in [-0.4, -0.2) is 38.2 Å². The van der Waals surface area contributed by atoms with Crippen LogP contribution in [0.1, 0.15) is 40.0 Å². The third-order valence-electron chi connectivity index (χ3n) is 6.16. The molecular weight excluding hydrogens is 473 g/mol. The van der Waals surface area contributed by atoms with Crippen LogP contribution in [0.5, 0.6) is 17.2 Å². The molecule has 0 N–H and O–H groups in total. The van der Waals surface area contributed by atoms with Crippen LogP contribution in [0.4, 0.5) is 0 Å². The predicted molar refractivity (Wildman–Crippen MR) is 135 cm³/mol. The molecule has 3 aromatic rings. The maximum Gasteiger partial charge on any atom is 0.256 e.